The Labute approximate surface area is 401 Å². The zero-order valence-electron chi connectivity index (χ0n) is 37.7. The van der Waals surface area contributed by atoms with Crippen molar-refractivity contribution in [1.29, 1.82) is 0 Å². The topological polar surface area (TPSA) is 21.3 Å². The Morgan fingerprint density at radius 1 is 0.290 bits per heavy atom. The molecule has 11 aromatic carbocycles. The maximum atomic E-state index is 6.47. The van der Waals surface area contributed by atoms with E-state index in [2.05, 4.69) is 264 Å². The normalized spacial score (nSPS) is 11.5. The third-order valence-electron chi connectivity index (χ3n) is 13.6. The molecule has 0 saturated carbocycles. The lowest BCUT2D eigenvalue weighted by molar-refractivity contribution is 0.670. The van der Waals surface area contributed by atoms with Gasteiger partial charge < -0.3 is 13.9 Å². The largest absolute Gasteiger partial charge is 0.455 e. The van der Waals surface area contributed by atoms with Crippen LogP contribution in [0.15, 0.2) is 271 Å². The summed E-state index contributed by atoms with van der Waals surface area (Å²) in [7, 11) is 0. The van der Waals surface area contributed by atoms with E-state index >= 15 is 0 Å². The first-order valence-electron chi connectivity index (χ1n) is 23.6. The highest BCUT2D eigenvalue weighted by molar-refractivity contribution is 6.11. The van der Waals surface area contributed by atoms with Crippen molar-refractivity contribution in [3.05, 3.63) is 267 Å². The van der Waals surface area contributed by atoms with Crippen LogP contribution in [0, 0.1) is 0 Å². The van der Waals surface area contributed by atoms with Crippen LogP contribution in [0.5, 0.6) is 0 Å². The van der Waals surface area contributed by atoms with E-state index < -0.39 is 0 Å². The number of para-hydroxylation sites is 6. The Bertz CT molecular complexity index is 3960. The molecule has 0 unspecified atom stereocenters. The maximum Gasteiger partial charge on any atom is 0.143 e. The van der Waals surface area contributed by atoms with Crippen LogP contribution in [0.3, 0.4) is 0 Å². The maximum absolute atomic E-state index is 6.47. The van der Waals surface area contributed by atoms with Gasteiger partial charge in [0.2, 0.25) is 0 Å². The van der Waals surface area contributed by atoms with Gasteiger partial charge in [-0.3, -0.25) is 0 Å². The molecule has 13 aromatic rings. The number of furan rings is 1. The molecule has 2 heterocycles. The van der Waals surface area contributed by atoms with E-state index in [1.165, 1.54) is 32.9 Å². The number of anilines is 3. The van der Waals surface area contributed by atoms with Crippen molar-refractivity contribution in [1.82, 2.24) is 4.57 Å². The SMILES string of the molecule is c1ccc(-c2ccc(-c3cccc(N(c4ccc(-c5cccc(-c6cccc7c6oc6ccccc67)c5)cc4)c4ccccc4-c4ccccc4-n4c5ccccc5c5ccccc54)c3)cc2)cc1. The molecule has 0 radical (unpaired) electrons. The fourth-order valence-electron chi connectivity index (χ4n) is 10.4. The molecule has 0 saturated heterocycles. The van der Waals surface area contributed by atoms with Gasteiger partial charge in [0.15, 0.2) is 0 Å². The van der Waals surface area contributed by atoms with Crippen LogP contribution in [0.25, 0.3) is 105 Å². The molecule has 0 spiro atoms. The van der Waals surface area contributed by atoms with Gasteiger partial charge in [-0.15, -0.1) is 0 Å². The van der Waals surface area contributed by atoms with E-state index in [1.807, 2.05) is 12.1 Å². The fraction of sp³-hybridized carbons (Fsp3) is 0. The Morgan fingerprint density at radius 3 is 1.54 bits per heavy atom. The molecule has 0 amide bonds. The third kappa shape index (κ3) is 7.08. The van der Waals surface area contributed by atoms with Crippen molar-refractivity contribution in [3.63, 3.8) is 0 Å². The number of nitrogens with zero attached hydrogens (tertiary/aromatic N) is 2. The van der Waals surface area contributed by atoms with Gasteiger partial charge >= 0.3 is 0 Å². The second-order valence-electron chi connectivity index (χ2n) is 17.6. The van der Waals surface area contributed by atoms with Gasteiger partial charge in [-0.25, -0.2) is 0 Å². The molecule has 0 fully saturated rings. The van der Waals surface area contributed by atoms with Crippen molar-refractivity contribution in [2.45, 2.75) is 0 Å². The molecule has 2 aromatic heterocycles. The monoisotopic (exact) mass is 880 g/mol. The average Bonchev–Trinajstić information content (AvgIpc) is 3.98. The number of hydrogen-bond acceptors (Lipinski definition) is 2. The third-order valence-corrected chi connectivity index (χ3v) is 13.6. The van der Waals surface area contributed by atoms with Gasteiger partial charge in [-0.05, 0) is 99.6 Å². The molecular formula is C66H44N2O. The van der Waals surface area contributed by atoms with Gasteiger partial charge in [0.25, 0.3) is 0 Å². The smallest absolute Gasteiger partial charge is 0.143 e. The lowest BCUT2D eigenvalue weighted by atomic mass is 9.97. The highest BCUT2D eigenvalue weighted by atomic mass is 16.3. The Hall–Kier alpha value is -9.18. The number of aromatic nitrogens is 1. The van der Waals surface area contributed by atoms with Crippen molar-refractivity contribution in [2.24, 2.45) is 0 Å². The van der Waals surface area contributed by atoms with E-state index in [4.69, 9.17) is 4.42 Å². The highest BCUT2D eigenvalue weighted by Crippen LogP contribution is 2.45. The number of fused-ring (bicyclic) bond motifs is 6. The average molecular weight is 881 g/mol. The van der Waals surface area contributed by atoms with Crippen molar-refractivity contribution in [2.75, 3.05) is 4.90 Å². The van der Waals surface area contributed by atoms with Gasteiger partial charge in [0.05, 0.1) is 22.4 Å². The molecule has 0 atom stereocenters. The van der Waals surface area contributed by atoms with Crippen LogP contribution >= 0.6 is 0 Å². The molecule has 13 rings (SSSR count). The number of rotatable bonds is 9. The molecule has 324 valence electrons. The minimum Gasteiger partial charge on any atom is -0.455 e. The predicted octanol–water partition coefficient (Wildman–Crippen LogP) is 18.5. The minimum absolute atomic E-state index is 0.902. The molecule has 0 N–H and O–H groups in total. The number of hydrogen-bond donors (Lipinski definition) is 0. The van der Waals surface area contributed by atoms with Crippen molar-refractivity contribution < 1.29 is 4.42 Å². The summed E-state index contributed by atoms with van der Waals surface area (Å²) in [6.45, 7) is 0. The molecule has 3 heteroatoms. The Morgan fingerprint density at radius 2 is 0.783 bits per heavy atom. The zero-order valence-corrected chi connectivity index (χ0v) is 37.7. The molecule has 3 nitrogen and oxygen atoms in total. The van der Waals surface area contributed by atoms with Crippen molar-refractivity contribution >= 4 is 60.8 Å². The standard InChI is InChI=1S/C66H44N2O/c1-2-17-45(18-3-1)46-35-37-47(38-36-46)50-20-15-22-53(44-50)67(52-41-39-48(40-42-52)49-19-14-21-51(43-49)54-28-16-29-60-59-27-8-13-34-65(59)69-66(54)60)61-30-9-4-23-55(61)56-24-5-10-31-62(56)68-63-32-11-6-25-57(63)58-26-7-12-33-64(58)68/h1-44H. The first-order chi connectivity index (χ1) is 34.2. The van der Waals surface area contributed by atoms with E-state index in [0.29, 0.717) is 0 Å². The second kappa shape index (κ2) is 16.9. The molecule has 0 aliphatic carbocycles. The quantitative estimate of drug-likeness (QED) is 0.144. The lowest BCUT2D eigenvalue weighted by Crippen LogP contribution is -2.11. The zero-order chi connectivity index (χ0) is 45.7. The summed E-state index contributed by atoms with van der Waals surface area (Å²) in [5, 5.41) is 4.74. The summed E-state index contributed by atoms with van der Waals surface area (Å²) in [6.07, 6.45) is 0. The molecule has 0 bridgehead atoms. The number of benzene rings is 11. The van der Waals surface area contributed by atoms with Crippen LogP contribution in [-0.2, 0) is 0 Å². The van der Waals surface area contributed by atoms with Crippen molar-refractivity contribution in [3.8, 4) is 61.3 Å². The summed E-state index contributed by atoms with van der Waals surface area (Å²) < 4.78 is 8.90. The first-order valence-corrected chi connectivity index (χ1v) is 23.6. The van der Waals surface area contributed by atoms with Crippen LogP contribution < -0.4 is 4.90 Å². The van der Waals surface area contributed by atoms with Gasteiger partial charge in [-0.1, -0.05) is 206 Å². The van der Waals surface area contributed by atoms with Gasteiger partial charge in [-0.2, -0.15) is 0 Å². The summed E-state index contributed by atoms with van der Waals surface area (Å²) in [5.74, 6) is 0. The summed E-state index contributed by atoms with van der Waals surface area (Å²) in [5.41, 5.74) is 20.0. The highest BCUT2D eigenvalue weighted by Gasteiger charge is 2.22. The van der Waals surface area contributed by atoms with Crippen LogP contribution in [0.2, 0.25) is 0 Å². The Balaban J connectivity index is 0.943. The molecular weight excluding hydrogens is 837 g/mol. The van der Waals surface area contributed by atoms with Gasteiger partial charge in [0.1, 0.15) is 11.2 Å². The van der Waals surface area contributed by atoms with Crippen LogP contribution in [-0.4, -0.2) is 4.57 Å². The Kier molecular flexibility index (Phi) is 9.84. The lowest BCUT2D eigenvalue weighted by Gasteiger charge is -2.29. The van der Waals surface area contributed by atoms with E-state index in [9.17, 15) is 0 Å². The second-order valence-corrected chi connectivity index (χ2v) is 17.6. The van der Waals surface area contributed by atoms with Gasteiger partial charge in [0, 0.05) is 49.6 Å². The van der Waals surface area contributed by atoms with E-state index in [0.717, 1.165) is 89.2 Å². The summed E-state index contributed by atoms with van der Waals surface area (Å²) in [4.78, 5) is 2.42. The molecule has 0 aliphatic heterocycles. The summed E-state index contributed by atoms with van der Waals surface area (Å²) in [6, 6.07) is 96.1. The van der Waals surface area contributed by atoms with E-state index in [1.54, 1.807) is 0 Å². The first kappa shape index (κ1) is 40.1. The fourth-order valence-corrected chi connectivity index (χ4v) is 10.4. The summed E-state index contributed by atoms with van der Waals surface area (Å²) >= 11 is 0. The molecule has 69 heavy (non-hydrogen) atoms. The molecule has 0 aliphatic rings. The predicted molar refractivity (Wildman–Crippen MR) is 290 cm³/mol. The van der Waals surface area contributed by atoms with Crippen LogP contribution in [0.4, 0.5) is 17.1 Å². The van der Waals surface area contributed by atoms with E-state index in [-0.39, 0.29) is 0 Å². The van der Waals surface area contributed by atoms with Crippen LogP contribution in [0.1, 0.15) is 0 Å². The minimum atomic E-state index is 0.902.